The van der Waals surface area contributed by atoms with Crippen molar-refractivity contribution < 1.29 is 0 Å². The Labute approximate surface area is 133 Å². The van der Waals surface area contributed by atoms with Crippen molar-refractivity contribution in [2.45, 2.75) is 0 Å². The van der Waals surface area contributed by atoms with Crippen LogP contribution in [0.2, 0.25) is 0 Å². The first-order valence-corrected chi connectivity index (χ1v) is 8.40. The molecule has 3 rings (SSSR count). The molecule has 0 aliphatic rings. The van der Waals surface area contributed by atoms with E-state index in [0.29, 0.717) is 0 Å². The third-order valence-electron chi connectivity index (χ3n) is 2.50. The van der Waals surface area contributed by atoms with Crippen LogP contribution in [0.15, 0.2) is 56.7 Å². The number of anilines is 1. The van der Waals surface area contributed by atoms with Crippen molar-refractivity contribution in [3.05, 3.63) is 57.2 Å². The van der Waals surface area contributed by atoms with Gasteiger partial charge in [0.25, 0.3) is 0 Å². The van der Waals surface area contributed by atoms with Crippen LogP contribution in [0.3, 0.4) is 0 Å². The fraction of sp³-hybridized carbons (Fsp3) is 0. The minimum Gasteiger partial charge on any atom is -0.253 e. The zero-order valence-electron chi connectivity index (χ0n) is 10.3. The first-order chi connectivity index (χ1) is 9.81. The smallest absolute Gasteiger partial charge is 0.203 e. The first kappa shape index (κ1) is 13.5. The number of hydrogen-bond donors (Lipinski definition) is 1. The second-order valence-electron chi connectivity index (χ2n) is 3.94. The molecule has 0 atom stereocenters. The van der Waals surface area contributed by atoms with Crippen LogP contribution >= 0.6 is 38.6 Å². The van der Waals surface area contributed by atoms with Gasteiger partial charge in [0.15, 0.2) is 0 Å². The highest BCUT2D eigenvalue weighted by atomic mass is 79.9. The predicted octanol–water partition coefficient (Wildman–Crippen LogP) is 5.08. The van der Waals surface area contributed by atoms with Gasteiger partial charge in [-0.1, -0.05) is 34.1 Å². The number of thiazole rings is 1. The van der Waals surface area contributed by atoms with Gasteiger partial charge in [-0.25, -0.2) is 4.98 Å². The van der Waals surface area contributed by atoms with E-state index in [9.17, 15) is 0 Å². The predicted molar refractivity (Wildman–Crippen MR) is 90.8 cm³/mol. The Morgan fingerprint density at radius 3 is 2.95 bits per heavy atom. The van der Waals surface area contributed by atoms with E-state index in [4.69, 9.17) is 0 Å². The zero-order chi connectivity index (χ0) is 13.8. The lowest BCUT2D eigenvalue weighted by Gasteiger charge is -1.95. The largest absolute Gasteiger partial charge is 0.253 e. The number of hydrazone groups is 1. The Morgan fingerprint density at radius 2 is 2.15 bits per heavy atom. The molecule has 6 heteroatoms. The molecule has 100 valence electrons. The lowest BCUT2D eigenvalue weighted by molar-refractivity contribution is 1.29. The summed E-state index contributed by atoms with van der Waals surface area (Å²) in [5, 5.41) is 9.07. The molecule has 0 saturated carbocycles. The second kappa shape index (κ2) is 6.30. The zero-order valence-corrected chi connectivity index (χ0v) is 13.5. The van der Waals surface area contributed by atoms with Gasteiger partial charge in [-0.05, 0) is 29.1 Å². The topological polar surface area (TPSA) is 37.3 Å². The Kier molecular flexibility index (Phi) is 4.25. The quantitative estimate of drug-likeness (QED) is 0.518. The maximum absolute atomic E-state index is 4.50. The average Bonchev–Trinajstić information content (AvgIpc) is 3.09. The van der Waals surface area contributed by atoms with E-state index in [0.717, 1.165) is 20.9 Å². The molecule has 0 radical (unpaired) electrons. The average molecular weight is 364 g/mol. The molecule has 0 spiro atoms. The van der Waals surface area contributed by atoms with Gasteiger partial charge in [-0.2, -0.15) is 5.10 Å². The molecule has 20 heavy (non-hydrogen) atoms. The summed E-state index contributed by atoms with van der Waals surface area (Å²) < 4.78 is 1.04. The number of benzene rings is 1. The summed E-state index contributed by atoms with van der Waals surface area (Å²) in [7, 11) is 0. The number of aromatic nitrogens is 1. The molecule has 1 aromatic carbocycles. The van der Waals surface area contributed by atoms with Gasteiger partial charge >= 0.3 is 0 Å². The van der Waals surface area contributed by atoms with Crippen LogP contribution in [0.25, 0.3) is 10.6 Å². The SMILES string of the molecule is Brc1cccc(/C=N\Nc2nc(-c3cccs3)cs2)c1. The van der Waals surface area contributed by atoms with Crippen LogP contribution in [0.1, 0.15) is 5.56 Å². The number of hydrogen-bond acceptors (Lipinski definition) is 5. The highest BCUT2D eigenvalue weighted by Gasteiger charge is 2.04. The van der Waals surface area contributed by atoms with E-state index in [1.807, 2.05) is 41.1 Å². The molecular weight excluding hydrogens is 354 g/mol. The van der Waals surface area contributed by atoms with Crippen molar-refractivity contribution in [1.82, 2.24) is 4.98 Å². The minimum absolute atomic E-state index is 0.791. The van der Waals surface area contributed by atoms with E-state index < -0.39 is 0 Å². The lowest BCUT2D eigenvalue weighted by Crippen LogP contribution is -1.89. The minimum atomic E-state index is 0.791. The molecule has 3 nitrogen and oxygen atoms in total. The van der Waals surface area contributed by atoms with Crippen LogP contribution in [0.5, 0.6) is 0 Å². The van der Waals surface area contributed by atoms with Crippen molar-refractivity contribution in [2.75, 3.05) is 5.43 Å². The normalized spacial score (nSPS) is 11.1. The Bertz CT molecular complexity index is 720. The maximum atomic E-state index is 4.50. The van der Waals surface area contributed by atoms with E-state index in [1.54, 1.807) is 28.9 Å². The number of halogens is 1. The van der Waals surface area contributed by atoms with E-state index in [2.05, 4.69) is 37.5 Å². The van der Waals surface area contributed by atoms with Gasteiger partial charge in [-0.15, -0.1) is 22.7 Å². The van der Waals surface area contributed by atoms with Gasteiger partial charge < -0.3 is 0 Å². The molecule has 0 bridgehead atoms. The van der Waals surface area contributed by atoms with Gasteiger partial charge in [0.05, 0.1) is 16.8 Å². The number of nitrogens with one attached hydrogen (secondary N) is 1. The van der Waals surface area contributed by atoms with E-state index in [1.165, 1.54) is 4.88 Å². The molecule has 0 amide bonds. The van der Waals surface area contributed by atoms with Crippen LogP contribution in [-0.4, -0.2) is 11.2 Å². The Hall–Kier alpha value is -1.50. The molecule has 0 fully saturated rings. The monoisotopic (exact) mass is 363 g/mol. The van der Waals surface area contributed by atoms with Crippen LogP contribution < -0.4 is 5.43 Å². The summed E-state index contributed by atoms with van der Waals surface area (Å²) in [5.41, 5.74) is 4.98. The van der Waals surface area contributed by atoms with Gasteiger partial charge in [0.2, 0.25) is 5.13 Å². The molecule has 0 saturated heterocycles. The van der Waals surface area contributed by atoms with Crippen molar-refractivity contribution in [3.8, 4) is 10.6 Å². The third kappa shape index (κ3) is 3.33. The Morgan fingerprint density at radius 1 is 1.20 bits per heavy atom. The van der Waals surface area contributed by atoms with Crippen LogP contribution in [0.4, 0.5) is 5.13 Å². The van der Waals surface area contributed by atoms with Crippen molar-refractivity contribution in [1.29, 1.82) is 0 Å². The van der Waals surface area contributed by atoms with Gasteiger partial charge in [-0.3, -0.25) is 5.43 Å². The summed E-state index contributed by atoms with van der Waals surface area (Å²) in [6.45, 7) is 0. The van der Waals surface area contributed by atoms with Crippen molar-refractivity contribution >= 4 is 49.9 Å². The standard InChI is InChI=1S/C14H10BrN3S2/c15-11-4-1-3-10(7-11)8-16-18-14-17-12(9-20-14)13-5-2-6-19-13/h1-9H,(H,17,18)/b16-8-. The number of rotatable bonds is 4. The molecular formula is C14H10BrN3S2. The summed E-state index contributed by atoms with van der Waals surface area (Å²) in [6.07, 6.45) is 1.77. The van der Waals surface area contributed by atoms with Crippen molar-refractivity contribution in [2.24, 2.45) is 5.10 Å². The Balaban J connectivity index is 1.67. The second-order valence-corrected chi connectivity index (χ2v) is 6.66. The maximum Gasteiger partial charge on any atom is 0.203 e. The molecule has 3 aromatic rings. The lowest BCUT2D eigenvalue weighted by atomic mass is 10.2. The number of nitrogens with zero attached hydrogens (tertiary/aromatic N) is 2. The highest BCUT2D eigenvalue weighted by molar-refractivity contribution is 9.10. The fourth-order valence-electron chi connectivity index (χ4n) is 1.61. The van der Waals surface area contributed by atoms with Gasteiger partial charge in [0, 0.05) is 9.85 Å². The summed E-state index contributed by atoms with van der Waals surface area (Å²) in [6, 6.07) is 12.0. The van der Waals surface area contributed by atoms with Gasteiger partial charge in [0.1, 0.15) is 0 Å². The molecule has 0 aliphatic carbocycles. The highest BCUT2D eigenvalue weighted by Crippen LogP contribution is 2.28. The van der Waals surface area contributed by atoms with Crippen LogP contribution in [-0.2, 0) is 0 Å². The molecule has 2 aromatic heterocycles. The van der Waals surface area contributed by atoms with Crippen LogP contribution in [0, 0.1) is 0 Å². The first-order valence-electron chi connectivity index (χ1n) is 5.85. The molecule has 0 aliphatic heterocycles. The fourth-order valence-corrected chi connectivity index (χ4v) is 3.45. The van der Waals surface area contributed by atoms with E-state index in [-0.39, 0.29) is 0 Å². The molecule has 1 N–H and O–H groups in total. The van der Waals surface area contributed by atoms with Crippen molar-refractivity contribution in [3.63, 3.8) is 0 Å². The summed E-state index contributed by atoms with van der Waals surface area (Å²) >= 11 is 6.67. The summed E-state index contributed by atoms with van der Waals surface area (Å²) in [4.78, 5) is 5.67. The summed E-state index contributed by atoms with van der Waals surface area (Å²) in [5.74, 6) is 0. The third-order valence-corrected chi connectivity index (χ3v) is 4.63. The number of thiophene rings is 1. The molecule has 2 heterocycles. The molecule has 0 unspecified atom stereocenters. The van der Waals surface area contributed by atoms with E-state index >= 15 is 0 Å².